The summed E-state index contributed by atoms with van der Waals surface area (Å²) in [5.41, 5.74) is 0. The van der Waals surface area contributed by atoms with Crippen molar-refractivity contribution in [3.8, 4) is 0 Å². The molecule has 2 aliphatic carbocycles. The maximum Gasteiger partial charge on any atom is 0.230 e. The van der Waals surface area contributed by atoms with Crippen LogP contribution in [0.1, 0.15) is 44.9 Å². The van der Waals surface area contributed by atoms with E-state index in [4.69, 9.17) is 11.6 Å². The molecule has 0 radical (unpaired) electrons. The van der Waals surface area contributed by atoms with Crippen molar-refractivity contribution in [1.82, 2.24) is 15.0 Å². The number of hydrogen-bond donors (Lipinski definition) is 0. The van der Waals surface area contributed by atoms with Gasteiger partial charge in [0.25, 0.3) is 0 Å². The van der Waals surface area contributed by atoms with Gasteiger partial charge in [0.2, 0.25) is 11.2 Å². The first kappa shape index (κ1) is 13.1. The van der Waals surface area contributed by atoms with Crippen molar-refractivity contribution in [2.75, 3.05) is 11.4 Å². The Bertz CT molecular complexity index is 425. The second kappa shape index (κ2) is 5.23. The highest BCUT2D eigenvalue weighted by Gasteiger charge is 2.45. The summed E-state index contributed by atoms with van der Waals surface area (Å²) in [6, 6.07) is 0.623. The van der Waals surface area contributed by atoms with Gasteiger partial charge in [-0.15, -0.1) is 0 Å². The third kappa shape index (κ3) is 2.99. The lowest BCUT2D eigenvalue weighted by Crippen LogP contribution is -2.40. The number of nitrogens with zero attached hydrogens (tertiary/aromatic N) is 4. The Balaban J connectivity index is 1.89. The molecule has 2 fully saturated rings. The van der Waals surface area contributed by atoms with E-state index in [-0.39, 0.29) is 0 Å². The van der Waals surface area contributed by atoms with Crippen LogP contribution < -0.4 is 4.90 Å². The highest BCUT2D eigenvalue weighted by atomic mass is 35.5. The summed E-state index contributed by atoms with van der Waals surface area (Å²) in [6.07, 6.45) is 6.55. The molecule has 0 amide bonds. The third-order valence-electron chi connectivity index (χ3n) is 4.00. The van der Waals surface area contributed by atoms with E-state index in [0.717, 1.165) is 30.7 Å². The molecule has 1 heterocycles. The Morgan fingerprint density at radius 1 is 1.16 bits per heavy atom. The van der Waals surface area contributed by atoms with Crippen molar-refractivity contribution in [3.05, 3.63) is 11.1 Å². The van der Waals surface area contributed by atoms with E-state index in [0.29, 0.717) is 17.1 Å². The standard InChI is InChI=1S/C14H21ClN4/c1-3-8-19(12(10-4-5-10)11-6-7-11)14-17-9(2)16-13(15)18-14/h10-12H,3-8H2,1-2H3. The second-order valence-corrected chi connectivity index (χ2v) is 6.15. The van der Waals surface area contributed by atoms with E-state index in [1.165, 1.54) is 25.7 Å². The highest BCUT2D eigenvalue weighted by Crippen LogP contribution is 2.47. The second-order valence-electron chi connectivity index (χ2n) is 5.81. The number of anilines is 1. The third-order valence-corrected chi connectivity index (χ3v) is 4.17. The first-order valence-corrected chi connectivity index (χ1v) is 7.71. The van der Waals surface area contributed by atoms with Crippen LogP contribution in [0.4, 0.5) is 5.95 Å². The van der Waals surface area contributed by atoms with Crippen LogP contribution >= 0.6 is 11.6 Å². The van der Waals surface area contributed by atoms with E-state index < -0.39 is 0 Å². The lowest BCUT2D eigenvalue weighted by Gasteiger charge is -2.32. The molecule has 104 valence electrons. The van der Waals surface area contributed by atoms with E-state index in [1.807, 2.05) is 6.92 Å². The van der Waals surface area contributed by atoms with Crippen molar-refractivity contribution < 1.29 is 0 Å². The van der Waals surface area contributed by atoms with Gasteiger partial charge in [0.05, 0.1) is 0 Å². The maximum atomic E-state index is 6.00. The summed E-state index contributed by atoms with van der Waals surface area (Å²) < 4.78 is 0. The molecular weight excluding hydrogens is 260 g/mol. The van der Waals surface area contributed by atoms with Gasteiger partial charge < -0.3 is 4.90 Å². The number of hydrogen-bond acceptors (Lipinski definition) is 4. The van der Waals surface area contributed by atoms with E-state index in [9.17, 15) is 0 Å². The lowest BCUT2D eigenvalue weighted by molar-refractivity contribution is 0.468. The van der Waals surface area contributed by atoms with Gasteiger partial charge in [0.1, 0.15) is 5.82 Å². The summed E-state index contributed by atoms with van der Waals surface area (Å²) in [7, 11) is 0. The SMILES string of the molecule is CCCN(c1nc(C)nc(Cl)n1)C(C1CC1)C1CC1. The molecular formula is C14H21ClN4. The number of aromatic nitrogens is 3. The zero-order valence-corrected chi connectivity index (χ0v) is 12.4. The Morgan fingerprint density at radius 2 is 1.79 bits per heavy atom. The van der Waals surface area contributed by atoms with Gasteiger partial charge in [-0.1, -0.05) is 6.92 Å². The van der Waals surface area contributed by atoms with Crippen molar-refractivity contribution in [3.63, 3.8) is 0 Å². The van der Waals surface area contributed by atoms with Crippen molar-refractivity contribution >= 4 is 17.5 Å². The fraction of sp³-hybridized carbons (Fsp3) is 0.786. The molecule has 0 aliphatic heterocycles. The van der Waals surface area contributed by atoms with E-state index >= 15 is 0 Å². The normalized spacial score (nSPS) is 18.9. The minimum absolute atomic E-state index is 0.314. The van der Waals surface area contributed by atoms with Gasteiger partial charge in [-0.25, -0.2) is 4.98 Å². The molecule has 3 rings (SSSR count). The molecule has 0 N–H and O–H groups in total. The van der Waals surface area contributed by atoms with Crippen LogP contribution in [0.3, 0.4) is 0 Å². The number of halogens is 1. The quantitative estimate of drug-likeness (QED) is 0.802. The van der Waals surface area contributed by atoms with Crippen LogP contribution in [-0.2, 0) is 0 Å². The van der Waals surface area contributed by atoms with Crippen LogP contribution in [-0.4, -0.2) is 27.5 Å². The lowest BCUT2D eigenvalue weighted by atomic mass is 10.1. The molecule has 0 saturated heterocycles. The van der Waals surface area contributed by atoms with Crippen molar-refractivity contribution in [1.29, 1.82) is 0 Å². The minimum Gasteiger partial charge on any atom is -0.337 e. The molecule has 2 saturated carbocycles. The summed E-state index contributed by atoms with van der Waals surface area (Å²) in [4.78, 5) is 15.3. The predicted molar refractivity (Wildman–Crippen MR) is 76.4 cm³/mol. The van der Waals surface area contributed by atoms with E-state index in [1.54, 1.807) is 0 Å². The summed E-state index contributed by atoms with van der Waals surface area (Å²) in [6.45, 7) is 5.10. The molecule has 0 bridgehead atoms. The Morgan fingerprint density at radius 3 is 2.26 bits per heavy atom. The fourth-order valence-electron chi connectivity index (χ4n) is 2.96. The van der Waals surface area contributed by atoms with Crippen molar-refractivity contribution in [2.24, 2.45) is 11.8 Å². The first-order valence-electron chi connectivity index (χ1n) is 7.34. The zero-order chi connectivity index (χ0) is 13.4. The largest absolute Gasteiger partial charge is 0.337 e. The van der Waals surface area contributed by atoms with Gasteiger partial charge in [-0.2, -0.15) is 9.97 Å². The summed E-state index contributed by atoms with van der Waals surface area (Å²) in [5.74, 6) is 3.18. The van der Waals surface area contributed by atoms with Gasteiger partial charge >= 0.3 is 0 Å². The predicted octanol–water partition coefficient (Wildman–Crippen LogP) is 3.24. The summed E-state index contributed by atoms with van der Waals surface area (Å²) in [5, 5.41) is 0.314. The molecule has 0 atom stereocenters. The zero-order valence-electron chi connectivity index (χ0n) is 11.6. The topological polar surface area (TPSA) is 41.9 Å². The van der Waals surface area contributed by atoms with Crippen LogP contribution in [0.5, 0.6) is 0 Å². The smallest absolute Gasteiger partial charge is 0.230 e. The van der Waals surface area contributed by atoms with Crippen LogP contribution in [0, 0.1) is 18.8 Å². The van der Waals surface area contributed by atoms with E-state index in [2.05, 4.69) is 26.8 Å². The average molecular weight is 281 g/mol. The highest BCUT2D eigenvalue weighted by molar-refractivity contribution is 6.28. The number of aryl methyl sites for hydroxylation is 1. The Labute approximate surface area is 119 Å². The molecule has 5 heteroatoms. The van der Waals surface area contributed by atoms with Gasteiger partial charge in [-0.3, -0.25) is 0 Å². The average Bonchev–Trinajstić information content (AvgIpc) is 3.22. The maximum absolute atomic E-state index is 6.00. The molecule has 19 heavy (non-hydrogen) atoms. The molecule has 0 unspecified atom stereocenters. The molecule has 0 aromatic carbocycles. The molecule has 4 nitrogen and oxygen atoms in total. The van der Waals surface area contributed by atoms with Crippen LogP contribution in [0.15, 0.2) is 0 Å². The molecule has 0 spiro atoms. The van der Waals surface area contributed by atoms with Gasteiger partial charge in [-0.05, 0) is 62.5 Å². The molecule has 2 aliphatic rings. The fourth-order valence-corrected chi connectivity index (χ4v) is 3.15. The number of rotatable bonds is 6. The molecule has 1 aromatic heterocycles. The van der Waals surface area contributed by atoms with Gasteiger partial charge in [0, 0.05) is 12.6 Å². The Kier molecular flexibility index (Phi) is 3.61. The monoisotopic (exact) mass is 280 g/mol. The molecule has 1 aromatic rings. The van der Waals surface area contributed by atoms with Crippen LogP contribution in [0.25, 0.3) is 0 Å². The minimum atomic E-state index is 0.314. The summed E-state index contributed by atoms with van der Waals surface area (Å²) >= 11 is 6.00. The van der Waals surface area contributed by atoms with Crippen molar-refractivity contribution in [2.45, 2.75) is 52.0 Å². The Hall–Kier alpha value is -0.900. The van der Waals surface area contributed by atoms with Gasteiger partial charge in [0.15, 0.2) is 0 Å². The van der Waals surface area contributed by atoms with Crippen LogP contribution in [0.2, 0.25) is 5.28 Å². The first-order chi connectivity index (χ1) is 9.19.